The van der Waals surface area contributed by atoms with E-state index in [1.165, 1.54) is 19.2 Å². The predicted octanol–water partition coefficient (Wildman–Crippen LogP) is 4.12. The fraction of sp³-hybridized carbons (Fsp3) is 0.148. The largest absolute Gasteiger partial charge is 0.453 e. The quantitative estimate of drug-likeness (QED) is 0.329. The molecule has 194 valence electrons. The minimum Gasteiger partial charge on any atom is -0.453 e. The maximum atomic E-state index is 13.1. The Bertz CT molecular complexity index is 1560. The normalized spacial score (nSPS) is 18.3. The van der Waals surface area contributed by atoms with E-state index in [9.17, 15) is 18.0 Å². The van der Waals surface area contributed by atoms with Crippen LogP contribution in [-0.2, 0) is 20.3 Å². The molecule has 1 aromatic heterocycles. The molecule has 0 bridgehead atoms. The molecule has 3 amide bonds. The van der Waals surface area contributed by atoms with E-state index in [1.807, 2.05) is 34.9 Å². The monoisotopic (exact) mass is 531 g/mol. The maximum Gasteiger partial charge on any atom is 0.411 e. The smallest absolute Gasteiger partial charge is 0.411 e. The van der Waals surface area contributed by atoms with Crippen LogP contribution in [0, 0.1) is 0 Å². The number of anilines is 1. The van der Waals surface area contributed by atoms with E-state index >= 15 is 0 Å². The number of ether oxygens (including phenoxy) is 1. The van der Waals surface area contributed by atoms with E-state index in [0.29, 0.717) is 17.9 Å². The Hall–Kier alpha value is -4.64. The van der Waals surface area contributed by atoms with Crippen LogP contribution in [0.2, 0.25) is 0 Å². The minimum absolute atomic E-state index is 0.0123. The van der Waals surface area contributed by atoms with E-state index in [-0.39, 0.29) is 10.8 Å². The van der Waals surface area contributed by atoms with Gasteiger partial charge in [0.25, 0.3) is 10.0 Å². The molecule has 0 spiro atoms. The van der Waals surface area contributed by atoms with Gasteiger partial charge in [0.15, 0.2) is 0 Å². The van der Waals surface area contributed by atoms with E-state index in [0.717, 1.165) is 11.3 Å². The lowest BCUT2D eigenvalue weighted by atomic mass is 10.1. The lowest BCUT2D eigenvalue weighted by Gasteiger charge is -2.21. The van der Waals surface area contributed by atoms with Crippen molar-refractivity contribution in [1.82, 2.24) is 19.6 Å². The zero-order valence-electron chi connectivity index (χ0n) is 20.4. The summed E-state index contributed by atoms with van der Waals surface area (Å²) < 4.78 is 34.1. The Kier molecular flexibility index (Phi) is 6.60. The van der Waals surface area contributed by atoms with E-state index in [2.05, 4.69) is 25.1 Å². The van der Waals surface area contributed by atoms with Crippen LogP contribution in [0.15, 0.2) is 102 Å². The van der Waals surface area contributed by atoms with Gasteiger partial charge in [0.05, 0.1) is 12.0 Å². The van der Waals surface area contributed by atoms with Gasteiger partial charge in [-0.15, -0.1) is 0 Å². The molecule has 3 aromatic carbocycles. The fourth-order valence-electron chi connectivity index (χ4n) is 4.52. The lowest BCUT2D eigenvalue weighted by Crippen LogP contribution is -2.46. The number of nitrogens with zero attached hydrogens (tertiary/aromatic N) is 2. The number of carbonyl (C=O) groups is 2. The number of amides is 3. The molecule has 2 unspecified atom stereocenters. The highest BCUT2D eigenvalue weighted by molar-refractivity contribution is 7.90. The highest BCUT2D eigenvalue weighted by Crippen LogP contribution is 2.58. The second kappa shape index (κ2) is 10.0. The molecule has 0 saturated heterocycles. The van der Waals surface area contributed by atoms with Crippen molar-refractivity contribution in [3.05, 3.63) is 109 Å². The van der Waals surface area contributed by atoms with Gasteiger partial charge in [-0.05, 0) is 48.4 Å². The van der Waals surface area contributed by atoms with Crippen molar-refractivity contribution >= 4 is 27.8 Å². The van der Waals surface area contributed by atoms with Crippen LogP contribution < -0.4 is 15.4 Å². The number of urea groups is 1. The first kappa shape index (κ1) is 25.0. The van der Waals surface area contributed by atoms with Crippen LogP contribution in [0.25, 0.3) is 5.69 Å². The summed E-state index contributed by atoms with van der Waals surface area (Å²) in [5.74, 6) is 0.419. The van der Waals surface area contributed by atoms with Gasteiger partial charge in [-0.25, -0.2) is 27.7 Å². The standard InChI is InChI=1S/C27H25N5O5S/c1-37-26(34)29-20-12-14-21(15-13-20)32-17-16-28-24(32)27(18-23(27)19-8-4-2-5-9-19)30-25(33)31-38(35,36)22-10-6-3-7-11-22/h2-17,23H,18H2,1H3,(H,29,34)(H2,30,31,33). The summed E-state index contributed by atoms with van der Waals surface area (Å²) in [6, 6.07) is 23.6. The first-order valence-electron chi connectivity index (χ1n) is 11.8. The van der Waals surface area contributed by atoms with Crippen LogP contribution in [0.1, 0.15) is 23.7 Å². The van der Waals surface area contributed by atoms with Gasteiger partial charge in [-0.2, -0.15) is 0 Å². The summed E-state index contributed by atoms with van der Waals surface area (Å²) in [5.41, 5.74) is 1.33. The van der Waals surface area contributed by atoms with E-state index in [4.69, 9.17) is 0 Å². The number of nitrogens with one attached hydrogen (secondary N) is 3. The van der Waals surface area contributed by atoms with Crippen LogP contribution in [0.5, 0.6) is 0 Å². The zero-order chi connectivity index (χ0) is 26.8. The first-order chi connectivity index (χ1) is 18.3. The van der Waals surface area contributed by atoms with Crippen LogP contribution in [0.3, 0.4) is 0 Å². The van der Waals surface area contributed by atoms with Crippen molar-refractivity contribution in [2.45, 2.75) is 22.8 Å². The molecule has 0 aliphatic heterocycles. The third kappa shape index (κ3) is 4.96. The number of rotatable bonds is 7. The third-order valence-electron chi connectivity index (χ3n) is 6.40. The van der Waals surface area contributed by atoms with Gasteiger partial charge in [0, 0.05) is 29.7 Å². The molecule has 0 radical (unpaired) electrons. The first-order valence-corrected chi connectivity index (χ1v) is 13.2. The SMILES string of the molecule is COC(=O)Nc1ccc(-n2ccnc2C2(NC(=O)NS(=O)(=O)c3ccccc3)CC2c2ccccc2)cc1. The third-order valence-corrected chi connectivity index (χ3v) is 7.74. The summed E-state index contributed by atoms with van der Waals surface area (Å²) in [4.78, 5) is 29.2. The summed E-state index contributed by atoms with van der Waals surface area (Å²) in [5, 5.41) is 5.52. The summed E-state index contributed by atoms with van der Waals surface area (Å²) in [6.07, 6.45) is 3.33. The fourth-order valence-corrected chi connectivity index (χ4v) is 5.45. The molecule has 5 rings (SSSR count). The average Bonchev–Trinajstić information content (AvgIpc) is 3.42. The summed E-state index contributed by atoms with van der Waals surface area (Å²) >= 11 is 0. The topological polar surface area (TPSA) is 131 Å². The van der Waals surface area contributed by atoms with Crippen LogP contribution >= 0.6 is 0 Å². The average molecular weight is 532 g/mol. The number of aromatic nitrogens is 2. The highest BCUT2D eigenvalue weighted by atomic mass is 32.2. The molecule has 2 atom stereocenters. The van der Waals surface area contributed by atoms with Crippen molar-refractivity contribution < 1.29 is 22.7 Å². The second-order valence-corrected chi connectivity index (χ2v) is 10.5. The Morgan fingerprint density at radius 3 is 2.29 bits per heavy atom. The Balaban J connectivity index is 1.46. The van der Waals surface area contributed by atoms with Crippen molar-refractivity contribution in [1.29, 1.82) is 0 Å². The van der Waals surface area contributed by atoms with Crippen molar-refractivity contribution in [2.75, 3.05) is 12.4 Å². The molecular weight excluding hydrogens is 506 g/mol. The van der Waals surface area contributed by atoms with Crippen molar-refractivity contribution in [3.63, 3.8) is 0 Å². The predicted molar refractivity (Wildman–Crippen MR) is 140 cm³/mol. The summed E-state index contributed by atoms with van der Waals surface area (Å²) in [7, 11) is -2.78. The second-order valence-electron chi connectivity index (χ2n) is 8.80. The van der Waals surface area contributed by atoms with Gasteiger partial charge in [0.1, 0.15) is 11.4 Å². The van der Waals surface area contributed by atoms with Gasteiger partial charge in [-0.1, -0.05) is 48.5 Å². The number of methoxy groups -OCH3 is 1. The number of hydrogen-bond donors (Lipinski definition) is 3. The molecule has 11 heteroatoms. The number of imidazole rings is 1. The molecule has 38 heavy (non-hydrogen) atoms. The van der Waals surface area contributed by atoms with Gasteiger partial charge in [-0.3, -0.25) is 5.32 Å². The Labute approximate surface area is 219 Å². The van der Waals surface area contributed by atoms with Gasteiger partial charge in [0.2, 0.25) is 0 Å². The lowest BCUT2D eigenvalue weighted by molar-refractivity contribution is 0.187. The maximum absolute atomic E-state index is 13.1. The van der Waals surface area contributed by atoms with Gasteiger partial charge >= 0.3 is 12.1 Å². The number of benzene rings is 3. The highest BCUT2D eigenvalue weighted by Gasteiger charge is 2.60. The molecule has 4 aromatic rings. The molecular formula is C27H25N5O5S. The summed E-state index contributed by atoms with van der Waals surface area (Å²) in [6.45, 7) is 0. The minimum atomic E-state index is -4.07. The molecule has 1 aliphatic carbocycles. The van der Waals surface area contributed by atoms with Crippen molar-refractivity contribution in [2.24, 2.45) is 0 Å². The molecule has 1 fully saturated rings. The Morgan fingerprint density at radius 2 is 1.63 bits per heavy atom. The number of sulfonamides is 1. The van der Waals surface area contributed by atoms with Gasteiger partial charge < -0.3 is 14.6 Å². The molecule has 1 heterocycles. The van der Waals surface area contributed by atoms with Crippen LogP contribution in [0.4, 0.5) is 15.3 Å². The molecule has 1 saturated carbocycles. The molecule has 1 aliphatic rings. The number of hydrogen-bond acceptors (Lipinski definition) is 6. The van der Waals surface area contributed by atoms with Crippen LogP contribution in [-0.4, -0.2) is 37.2 Å². The molecule has 3 N–H and O–H groups in total. The zero-order valence-corrected chi connectivity index (χ0v) is 21.2. The Morgan fingerprint density at radius 1 is 0.974 bits per heavy atom. The van der Waals surface area contributed by atoms with E-state index in [1.54, 1.807) is 54.9 Å². The van der Waals surface area contributed by atoms with Crippen molar-refractivity contribution in [3.8, 4) is 5.69 Å². The number of carbonyl (C=O) groups excluding carboxylic acids is 2. The van der Waals surface area contributed by atoms with E-state index < -0.39 is 27.7 Å². The molecule has 10 nitrogen and oxygen atoms in total.